The lowest BCUT2D eigenvalue weighted by molar-refractivity contribution is 0.0900. The normalized spacial score (nSPS) is 35.0. The third-order valence-electron chi connectivity index (χ3n) is 3.72. The van der Waals surface area contributed by atoms with Crippen LogP contribution in [0, 0.1) is 5.41 Å². The summed E-state index contributed by atoms with van der Waals surface area (Å²) in [4.78, 5) is 0. The maximum absolute atomic E-state index is 6.45. The molecule has 0 amide bonds. The van der Waals surface area contributed by atoms with Gasteiger partial charge >= 0.3 is 0 Å². The summed E-state index contributed by atoms with van der Waals surface area (Å²) in [6, 6.07) is 0. The molecule has 1 saturated carbocycles. The van der Waals surface area contributed by atoms with Crippen LogP contribution >= 0.6 is 0 Å². The summed E-state index contributed by atoms with van der Waals surface area (Å²) in [5.74, 6) is 0. The molecule has 1 heteroatoms. The van der Waals surface area contributed by atoms with Crippen LogP contribution in [0.25, 0.3) is 0 Å². The zero-order valence-corrected chi connectivity index (χ0v) is 8.82. The molecule has 2 N–H and O–H groups in total. The van der Waals surface area contributed by atoms with Gasteiger partial charge in [0.2, 0.25) is 0 Å². The molecule has 1 atom stereocenters. The molecule has 0 aliphatic heterocycles. The summed E-state index contributed by atoms with van der Waals surface area (Å²) in [5, 5.41) is 0. The van der Waals surface area contributed by atoms with Crippen molar-refractivity contribution in [1.82, 2.24) is 0 Å². The highest BCUT2D eigenvalue weighted by molar-refractivity contribution is 4.99. The maximum Gasteiger partial charge on any atom is 0.0205 e. The van der Waals surface area contributed by atoms with Crippen molar-refractivity contribution in [2.24, 2.45) is 11.1 Å². The van der Waals surface area contributed by atoms with Crippen molar-refractivity contribution in [2.45, 2.75) is 64.8 Å². The highest BCUT2D eigenvalue weighted by atomic mass is 14.8. The molecule has 1 nitrogen and oxygen atoms in total. The van der Waals surface area contributed by atoms with E-state index >= 15 is 0 Å². The first kappa shape index (κ1) is 10.0. The van der Waals surface area contributed by atoms with E-state index in [9.17, 15) is 0 Å². The Balaban J connectivity index is 2.69. The molecule has 1 fully saturated rings. The Morgan fingerprint density at radius 1 is 1.17 bits per heavy atom. The summed E-state index contributed by atoms with van der Waals surface area (Å²) < 4.78 is 0. The zero-order valence-electron chi connectivity index (χ0n) is 8.82. The van der Waals surface area contributed by atoms with Crippen molar-refractivity contribution in [3.8, 4) is 0 Å². The molecular formula is C11H23N. The Bertz CT molecular complexity index is 147. The van der Waals surface area contributed by atoms with Gasteiger partial charge in [-0.15, -0.1) is 0 Å². The molecule has 12 heavy (non-hydrogen) atoms. The fourth-order valence-electron chi connectivity index (χ4n) is 2.50. The summed E-state index contributed by atoms with van der Waals surface area (Å²) in [6.45, 7) is 6.91. The fraction of sp³-hybridized carbons (Fsp3) is 1.00. The van der Waals surface area contributed by atoms with Crippen LogP contribution in [0.1, 0.15) is 59.3 Å². The Labute approximate surface area is 76.7 Å². The average molecular weight is 169 g/mol. The molecule has 0 radical (unpaired) electrons. The molecule has 72 valence electrons. The van der Waals surface area contributed by atoms with Gasteiger partial charge in [0.15, 0.2) is 0 Å². The SMILES string of the molecule is CCCC1(N)CCCCC1(C)C. The summed E-state index contributed by atoms with van der Waals surface area (Å²) in [7, 11) is 0. The lowest BCUT2D eigenvalue weighted by Gasteiger charge is -2.48. The number of hydrogen-bond donors (Lipinski definition) is 1. The van der Waals surface area contributed by atoms with Gasteiger partial charge in [0.1, 0.15) is 0 Å². The van der Waals surface area contributed by atoms with E-state index in [1.165, 1.54) is 38.5 Å². The van der Waals surface area contributed by atoms with E-state index < -0.39 is 0 Å². The molecular weight excluding hydrogens is 146 g/mol. The highest BCUT2D eigenvalue weighted by Crippen LogP contribution is 2.44. The average Bonchev–Trinajstić information content (AvgIpc) is 1.96. The van der Waals surface area contributed by atoms with Crippen LogP contribution in [0.5, 0.6) is 0 Å². The fourth-order valence-corrected chi connectivity index (χ4v) is 2.50. The van der Waals surface area contributed by atoms with Gasteiger partial charge < -0.3 is 5.73 Å². The van der Waals surface area contributed by atoms with Gasteiger partial charge in [0.25, 0.3) is 0 Å². The zero-order chi connectivity index (χ0) is 9.24. The first-order chi connectivity index (χ1) is 5.52. The second-order valence-corrected chi connectivity index (χ2v) is 5.00. The van der Waals surface area contributed by atoms with Gasteiger partial charge in [-0.3, -0.25) is 0 Å². The summed E-state index contributed by atoms with van der Waals surface area (Å²) in [5.41, 5.74) is 6.93. The van der Waals surface area contributed by atoms with Crippen LogP contribution in [0.4, 0.5) is 0 Å². The van der Waals surface area contributed by atoms with E-state index in [1.54, 1.807) is 0 Å². The first-order valence-electron chi connectivity index (χ1n) is 5.31. The van der Waals surface area contributed by atoms with Crippen molar-refractivity contribution in [3.63, 3.8) is 0 Å². The largest absolute Gasteiger partial charge is 0.325 e. The van der Waals surface area contributed by atoms with Gasteiger partial charge in [-0.1, -0.05) is 40.0 Å². The predicted molar refractivity (Wildman–Crippen MR) is 54.1 cm³/mol. The van der Waals surface area contributed by atoms with E-state index in [0.717, 1.165) is 0 Å². The number of hydrogen-bond acceptors (Lipinski definition) is 1. The van der Waals surface area contributed by atoms with E-state index in [1.807, 2.05) is 0 Å². The molecule has 0 aromatic heterocycles. The lowest BCUT2D eigenvalue weighted by Crippen LogP contribution is -2.54. The smallest absolute Gasteiger partial charge is 0.0205 e. The van der Waals surface area contributed by atoms with Crippen LogP contribution in [0.3, 0.4) is 0 Å². The third-order valence-corrected chi connectivity index (χ3v) is 3.72. The van der Waals surface area contributed by atoms with E-state index in [0.29, 0.717) is 5.41 Å². The second kappa shape index (κ2) is 3.37. The Morgan fingerprint density at radius 2 is 1.75 bits per heavy atom. The van der Waals surface area contributed by atoms with Gasteiger partial charge in [-0.2, -0.15) is 0 Å². The van der Waals surface area contributed by atoms with Gasteiger partial charge in [0, 0.05) is 5.54 Å². The van der Waals surface area contributed by atoms with Crippen LogP contribution in [-0.2, 0) is 0 Å². The van der Waals surface area contributed by atoms with Gasteiger partial charge in [-0.05, 0) is 24.7 Å². The topological polar surface area (TPSA) is 26.0 Å². The Morgan fingerprint density at radius 3 is 2.25 bits per heavy atom. The third kappa shape index (κ3) is 1.66. The van der Waals surface area contributed by atoms with Crippen LogP contribution < -0.4 is 5.73 Å². The minimum atomic E-state index is 0.125. The van der Waals surface area contributed by atoms with E-state index in [-0.39, 0.29) is 5.54 Å². The molecule has 1 aliphatic rings. The van der Waals surface area contributed by atoms with Crippen molar-refractivity contribution in [2.75, 3.05) is 0 Å². The highest BCUT2D eigenvalue weighted by Gasteiger charge is 2.42. The molecule has 1 rings (SSSR count). The molecule has 1 aliphatic carbocycles. The van der Waals surface area contributed by atoms with Gasteiger partial charge in [0.05, 0.1) is 0 Å². The van der Waals surface area contributed by atoms with Crippen molar-refractivity contribution >= 4 is 0 Å². The standard InChI is InChI=1S/C11H23N/c1-4-7-11(12)9-6-5-8-10(11,2)3/h4-9,12H2,1-3H3. The molecule has 0 spiro atoms. The monoisotopic (exact) mass is 169 g/mol. The first-order valence-corrected chi connectivity index (χ1v) is 5.31. The Kier molecular flexibility index (Phi) is 2.82. The van der Waals surface area contributed by atoms with Crippen LogP contribution in [0.2, 0.25) is 0 Å². The molecule has 1 unspecified atom stereocenters. The maximum atomic E-state index is 6.45. The van der Waals surface area contributed by atoms with E-state index in [2.05, 4.69) is 20.8 Å². The molecule has 0 saturated heterocycles. The van der Waals surface area contributed by atoms with E-state index in [4.69, 9.17) is 5.73 Å². The number of rotatable bonds is 2. The molecule has 0 heterocycles. The molecule has 0 bridgehead atoms. The number of nitrogens with two attached hydrogens (primary N) is 1. The van der Waals surface area contributed by atoms with Crippen molar-refractivity contribution in [1.29, 1.82) is 0 Å². The minimum absolute atomic E-state index is 0.125. The van der Waals surface area contributed by atoms with Crippen molar-refractivity contribution in [3.05, 3.63) is 0 Å². The summed E-state index contributed by atoms with van der Waals surface area (Å²) >= 11 is 0. The minimum Gasteiger partial charge on any atom is -0.325 e. The van der Waals surface area contributed by atoms with Crippen LogP contribution in [0.15, 0.2) is 0 Å². The Hall–Kier alpha value is -0.0400. The van der Waals surface area contributed by atoms with Crippen LogP contribution in [-0.4, -0.2) is 5.54 Å². The van der Waals surface area contributed by atoms with Crippen molar-refractivity contribution < 1.29 is 0 Å². The predicted octanol–water partition coefficient (Wildman–Crippen LogP) is 3.08. The molecule has 0 aromatic carbocycles. The molecule has 0 aromatic rings. The summed E-state index contributed by atoms with van der Waals surface area (Å²) in [6.07, 6.45) is 7.66. The quantitative estimate of drug-likeness (QED) is 0.675. The van der Waals surface area contributed by atoms with Gasteiger partial charge in [-0.25, -0.2) is 0 Å². The lowest BCUT2D eigenvalue weighted by atomic mass is 9.62. The second-order valence-electron chi connectivity index (χ2n) is 5.00.